The van der Waals surface area contributed by atoms with Gasteiger partial charge in [-0.05, 0) is 86.1 Å². The molecule has 7 heteroatoms. The third-order valence-corrected chi connectivity index (χ3v) is 7.10. The second-order valence-corrected chi connectivity index (χ2v) is 10.2. The van der Waals surface area contributed by atoms with Gasteiger partial charge in [0.05, 0.1) is 16.1 Å². The lowest BCUT2D eigenvalue weighted by molar-refractivity contribution is -0.115. The smallest absolute Gasteiger partial charge is 0.264 e. The van der Waals surface area contributed by atoms with E-state index in [2.05, 4.69) is 71.1 Å². The highest BCUT2D eigenvalue weighted by molar-refractivity contribution is 9.10. The third-order valence-electron chi connectivity index (χ3n) is 5.33. The molecule has 2 aromatic rings. The number of halogens is 2. The predicted molar refractivity (Wildman–Crippen MR) is 133 cm³/mol. The van der Waals surface area contributed by atoms with Gasteiger partial charge in [-0.2, -0.15) is 0 Å². The lowest BCUT2D eigenvalue weighted by Crippen LogP contribution is -2.42. The van der Waals surface area contributed by atoms with Crippen LogP contribution < -0.4 is 10.2 Å². The van der Waals surface area contributed by atoms with E-state index < -0.39 is 0 Å². The zero-order valence-corrected chi connectivity index (χ0v) is 20.2. The van der Waals surface area contributed by atoms with Crippen LogP contribution in [0.4, 0.5) is 11.4 Å². The molecule has 0 aliphatic carbocycles. The molecule has 0 aromatic heterocycles. The van der Waals surface area contributed by atoms with Crippen LogP contribution in [0.15, 0.2) is 56.8 Å². The molecule has 1 saturated heterocycles. The van der Waals surface area contributed by atoms with E-state index in [9.17, 15) is 4.79 Å². The van der Waals surface area contributed by atoms with Crippen LogP contribution in [0.3, 0.4) is 0 Å². The van der Waals surface area contributed by atoms with Gasteiger partial charge in [0.1, 0.15) is 0 Å². The molecule has 2 aromatic carbocycles. The molecule has 2 aliphatic heterocycles. The molecule has 4 rings (SSSR count). The summed E-state index contributed by atoms with van der Waals surface area (Å²) in [7, 11) is 2.07. The van der Waals surface area contributed by atoms with E-state index in [1.165, 1.54) is 17.3 Å². The number of carbonyl (C=O) groups excluding carboxylic acids is 1. The summed E-state index contributed by atoms with van der Waals surface area (Å²) in [6.45, 7) is 6.46. The third kappa shape index (κ3) is 4.09. The van der Waals surface area contributed by atoms with Crippen molar-refractivity contribution in [3.05, 3.63) is 68.0 Å². The summed E-state index contributed by atoms with van der Waals surface area (Å²) in [5.41, 5.74) is 4.93. The number of hydrogen-bond donors (Lipinski definition) is 1. The van der Waals surface area contributed by atoms with Crippen LogP contribution in [0.1, 0.15) is 31.9 Å². The maximum absolute atomic E-state index is 12.5. The molecule has 0 radical (unpaired) electrons. The molecule has 1 amide bonds. The molecule has 1 fully saturated rings. The number of amides is 1. The first kappa shape index (κ1) is 21.2. The van der Waals surface area contributed by atoms with Crippen molar-refractivity contribution in [2.75, 3.05) is 11.9 Å². The largest absolute Gasteiger partial charge is 0.365 e. The molecular formula is C23H21BrClN3OS. The molecule has 0 bridgehead atoms. The van der Waals surface area contributed by atoms with Crippen molar-refractivity contribution in [2.24, 2.45) is 4.99 Å². The number of carbonyl (C=O) groups is 1. The van der Waals surface area contributed by atoms with Crippen LogP contribution in [-0.2, 0) is 4.79 Å². The van der Waals surface area contributed by atoms with Crippen LogP contribution in [0.25, 0.3) is 11.6 Å². The molecule has 2 aliphatic rings. The normalized spacial score (nSPS) is 20.4. The van der Waals surface area contributed by atoms with E-state index in [4.69, 9.17) is 11.6 Å². The number of anilines is 1. The van der Waals surface area contributed by atoms with Gasteiger partial charge in [0.2, 0.25) is 0 Å². The first-order chi connectivity index (χ1) is 14.1. The number of allylic oxidation sites excluding steroid dienone is 1. The number of rotatable bonds is 2. The van der Waals surface area contributed by atoms with Gasteiger partial charge in [-0.3, -0.25) is 4.79 Å². The van der Waals surface area contributed by atoms with Crippen molar-refractivity contribution in [2.45, 2.75) is 26.3 Å². The van der Waals surface area contributed by atoms with Gasteiger partial charge in [-0.15, -0.1) is 0 Å². The van der Waals surface area contributed by atoms with E-state index in [1.54, 1.807) is 0 Å². The molecule has 1 N–H and O–H groups in total. The van der Waals surface area contributed by atoms with Crippen LogP contribution in [-0.4, -0.2) is 23.7 Å². The molecule has 0 atom stereocenters. The van der Waals surface area contributed by atoms with Gasteiger partial charge >= 0.3 is 0 Å². The number of amidine groups is 1. The fourth-order valence-corrected chi connectivity index (χ4v) is 4.86. The van der Waals surface area contributed by atoms with Gasteiger partial charge in [0, 0.05) is 27.8 Å². The Bertz CT molecular complexity index is 1140. The molecule has 154 valence electrons. The number of benzene rings is 2. The number of thioether (sulfide) groups is 1. The Hall–Kier alpha value is -2.02. The van der Waals surface area contributed by atoms with Gasteiger partial charge in [-0.1, -0.05) is 33.6 Å². The second kappa shape index (κ2) is 7.91. The maximum Gasteiger partial charge on any atom is 0.264 e. The monoisotopic (exact) mass is 501 g/mol. The molecule has 0 unspecified atom stereocenters. The SMILES string of the molecule is CC1=CC(C)(C)N(C)c2cc(Cl)c(/C=C3\SC(=Nc4ccc(Br)cc4)NC3=O)cc21. The average Bonchev–Trinajstić information content (AvgIpc) is 3.01. The topological polar surface area (TPSA) is 44.7 Å². The van der Waals surface area contributed by atoms with Crippen molar-refractivity contribution >= 4 is 73.4 Å². The highest BCUT2D eigenvalue weighted by Gasteiger charge is 2.30. The average molecular weight is 503 g/mol. The Morgan fingerprint density at radius 2 is 1.93 bits per heavy atom. The summed E-state index contributed by atoms with van der Waals surface area (Å²) in [4.78, 5) is 19.8. The van der Waals surface area contributed by atoms with Crippen molar-refractivity contribution in [3.63, 3.8) is 0 Å². The highest BCUT2D eigenvalue weighted by Crippen LogP contribution is 2.41. The standard InChI is InChI=1S/C23H21BrClN3OS/c1-13-12-23(2,3)28(4)19-11-18(25)14(9-17(13)19)10-20-21(29)27-22(30-20)26-16-7-5-15(24)6-8-16/h5-12H,1-4H3,(H,26,27,29)/b20-10-. The summed E-state index contributed by atoms with van der Waals surface area (Å²) in [6, 6.07) is 11.6. The van der Waals surface area contributed by atoms with Crippen molar-refractivity contribution in [1.29, 1.82) is 0 Å². The number of nitrogens with zero attached hydrogens (tertiary/aromatic N) is 2. The maximum atomic E-state index is 12.5. The zero-order valence-electron chi connectivity index (χ0n) is 17.1. The molecule has 0 saturated carbocycles. The van der Waals surface area contributed by atoms with Gasteiger partial charge in [-0.25, -0.2) is 4.99 Å². The van der Waals surface area contributed by atoms with Crippen LogP contribution in [0.2, 0.25) is 5.02 Å². The van der Waals surface area contributed by atoms with Crippen LogP contribution >= 0.6 is 39.3 Å². The lowest BCUT2D eigenvalue weighted by atomic mass is 9.88. The Kier molecular flexibility index (Phi) is 5.60. The summed E-state index contributed by atoms with van der Waals surface area (Å²) in [6.07, 6.45) is 4.08. The fraction of sp³-hybridized carbons (Fsp3) is 0.217. The molecule has 4 nitrogen and oxygen atoms in total. The van der Waals surface area contributed by atoms with Gasteiger partial charge in [0.15, 0.2) is 5.17 Å². The van der Waals surface area contributed by atoms with E-state index in [-0.39, 0.29) is 11.4 Å². The molecule has 2 heterocycles. The van der Waals surface area contributed by atoms with E-state index >= 15 is 0 Å². The fourth-order valence-electron chi connectivity index (χ4n) is 3.55. The summed E-state index contributed by atoms with van der Waals surface area (Å²) >= 11 is 11.3. The van der Waals surface area contributed by atoms with Crippen molar-refractivity contribution in [1.82, 2.24) is 5.32 Å². The van der Waals surface area contributed by atoms with Crippen molar-refractivity contribution < 1.29 is 4.79 Å². The first-order valence-corrected chi connectivity index (χ1v) is 11.5. The summed E-state index contributed by atoms with van der Waals surface area (Å²) in [5, 5.41) is 4.00. The lowest BCUT2D eigenvalue weighted by Gasteiger charge is -2.40. The summed E-state index contributed by atoms with van der Waals surface area (Å²) < 4.78 is 0.982. The first-order valence-electron chi connectivity index (χ1n) is 9.46. The highest BCUT2D eigenvalue weighted by atomic mass is 79.9. The molecule has 0 spiro atoms. The Labute approximate surface area is 194 Å². The number of nitrogens with one attached hydrogen (secondary N) is 1. The number of hydrogen-bond acceptors (Lipinski definition) is 4. The minimum Gasteiger partial charge on any atom is -0.365 e. The van der Waals surface area contributed by atoms with Crippen LogP contribution in [0, 0.1) is 0 Å². The summed E-state index contributed by atoms with van der Waals surface area (Å²) in [5.74, 6) is -0.171. The number of likely N-dealkylation sites (N-methyl/N-ethyl adjacent to an activating group) is 1. The van der Waals surface area contributed by atoms with Crippen LogP contribution in [0.5, 0.6) is 0 Å². The second-order valence-electron chi connectivity index (χ2n) is 7.89. The van der Waals surface area contributed by atoms with E-state index in [0.29, 0.717) is 15.1 Å². The predicted octanol–water partition coefficient (Wildman–Crippen LogP) is 6.63. The minimum absolute atomic E-state index is 0.0834. The molecule has 30 heavy (non-hydrogen) atoms. The Balaban J connectivity index is 1.66. The van der Waals surface area contributed by atoms with E-state index in [1.807, 2.05) is 36.4 Å². The Morgan fingerprint density at radius 1 is 1.23 bits per heavy atom. The zero-order chi connectivity index (χ0) is 21.6. The Morgan fingerprint density at radius 3 is 2.63 bits per heavy atom. The molecular weight excluding hydrogens is 482 g/mol. The minimum atomic E-state index is -0.171. The van der Waals surface area contributed by atoms with Crippen molar-refractivity contribution in [3.8, 4) is 0 Å². The quantitative estimate of drug-likeness (QED) is 0.469. The van der Waals surface area contributed by atoms with Gasteiger partial charge < -0.3 is 10.2 Å². The van der Waals surface area contributed by atoms with E-state index in [0.717, 1.165) is 27.0 Å². The van der Waals surface area contributed by atoms with Gasteiger partial charge in [0.25, 0.3) is 5.91 Å². The number of fused-ring (bicyclic) bond motifs is 1. The number of aliphatic imine (C=N–C) groups is 1.